The van der Waals surface area contributed by atoms with Crippen molar-refractivity contribution < 1.29 is 114 Å². The summed E-state index contributed by atoms with van der Waals surface area (Å²) in [6, 6.07) is 50.0. The molecule has 4 N–H and O–H groups in total. The van der Waals surface area contributed by atoms with Crippen molar-refractivity contribution in [2.45, 2.75) is 218 Å². The molecule has 0 radical (unpaired) electrons. The van der Waals surface area contributed by atoms with Gasteiger partial charge in [-0.1, -0.05) is 123 Å². The van der Waals surface area contributed by atoms with Crippen LogP contribution in [0.2, 0.25) is 0 Å². The fraction of sp³-hybridized carbons (Fsp3) is 0.521. The number of hydrogen-bond acceptors (Lipinski definition) is 26. The first-order chi connectivity index (χ1) is 60.2. The van der Waals surface area contributed by atoms with Crippen molar-refractivity contribution in [1.29, 1.82) is 5.26 Å². The van der Waals surface area contributed by atoms with Gasteiger partial charge in [-0.2, -0.15) is 5.26 Å². The molecule has 0 aromatic heterocycles. The minimum Gasteiger partial charge on any atom is -0.497 e. The molecule has 6 aromatic carbocycles. The zero-order valence-corrected chi connectivity index (χ0v) is 75.2. The summed E-state index contributed by atoms with van der Waals surface area (Å²) < 4.78 is 101. The molecule has 0 saturated carbocycles. The number of Topliss-reactive ketones (excluding diaryl/α,β-unsaturated/α-hetero) is 1. The molecule has 2 saturated heterocycles. The molecule has 30 nitrogen and oxygen atoms in total. The van der Waals surface area contributed by atoms with Crippen LogP contribution in [0.15, 0.2) is 158 Å². The number of rotatable bonds is 52. The van der Waals surface area contributed by atoms with Gasteiger partial charge in [0.25, 0.3) is 8.53 Å². The van der Waals surface area contributed by atoms with E-state index in [2.05, 4.69) is 27.3 Å². The van der Waals surface area contributed by atoms with E-state index in [1.54, 1.807) is 28.4 Å². The number of ether oxygens (including phenoxy) is 14. The molecule has 31 heteroatoms. The number of nitrogens with one attached hydrogen (secondary N) is 4. The monoisotopic (exact) mass is 1750 g/mol. The molecule has 2 heterocycles. The van der Waals surface area contributed by atoms with E-state index in [9.17, 15) is 43.6 Å². The Morgan fingerprint density at radius 3 is 1.28 bits per heavy atom. The highest BCUT2D eigenvalue weighted by atomic mass is 31.2. The zero-order chi connectivity index (χ0) is 90.4. The van der Waals surface area contributed by atoms with Crippen molar-refractivity contribution in [3.63, 3.8) is 0 Å². The maximum atomic E-state index is 13.4. The Kier molecular flexibility index (Phi) is 41.3. The van der Waals surface area contributed by atoms with Crippen LogP contribution >= 0.6 is 8.53 Å². The lowest BCUT2D eigenvalue weighted by Gasteiger charge is -2.46. The Labute approximate surface area is 735 Å². The van der Waals surface area contributed by atoms with Crippen molar-refractivity contribution in [2.24, 2.45) is 11.8 Å². The third kappa shape index (κ3) is 29.7. The van der Waals surface area contributed by atoms with Crippen LogP contribution in [0.25, 0.3) is 0 Å². The first-order valence-corrected chi connectivity index (χ1v) is 43.8. The second kappa shape index (κ2) is 51.5. The van der Waals surface area contributed by atoms with Crippen molar-refractivity contribution in [3.8, 4) is 29.1 Å². The predicted octanol–water partition coefficient (Wildman–Crippen LogP) is 13.2. The highest BCUT2D eigenvalue weighted by molar-refractivity contribution is 7.44. The topological polar surface area (TPSA) is 359 Å². The molecular formula is C94H125N6O24P. The Bertz CT molecular complexity index is 4000. The summed E-state index contributed by atoms with van der Waals surface area (Å²) >= 11 is 0. The van der Waals surface area contributed by atoms with Gasteiger partial charge in [0.2, 0.25) is 17.7 Å². The van der Waals surface area contributed by atoms with E-state index in [-0.39, 0.29) is 115 Å². The van der Waals surface area contributed by atoms with E-state index in [4.69, 9.17) is 75.4 Å². The SMILES string of the molecule is COc1ccc(C(OC[C@H]2O[C@@H](OCCCCC(=O)CCCNC(=O)OCC(COC(=O)CCCCC(=O)NCCCO[C@@H]3O[C@H](COC(c4ccccc4)(c4ccc(OC)cc4)c4ccc(OC)cc4)[C@H](C)[C@H](OC(C)=O)[C@H]3NC(C)=O)OP(OCCC#N)N(C(C)C)C(C)C)[C@H](NC(C)=O)[C@@H](OC(C)=O)[C@H]2C)(c2ccccc2)c2ccc(OC)cc2)cc1. The smallest absolute Gasteiger partial charge is 0.407 e. The Balaban J connectivity index is 0.801. The average molecular weight is 1750 g/mol. The number of hydrogen-bond donors (Lipinski definition) is 4. The van der Waals surface area contributed by atoms with Crippen LogP contribution in [0.5, 0.6) is 23.0 Å². The summed E-state index contributed by atoms with van der Waals surface area (Å²) in [6.45, 7) is 16.6. The Hall–Kier alpha value is -10.2. The standard InChI is InChI=1S/C94H125N6O24P/c1-62(2)100(63(3)4)125(119-57-26-52-95)124-81(58-115-85(107)35-22-21-34-84(106)96-54-27-56-114-91-87(99-67(8)102)89(121-69(10)104)65(6)83(123-91)61-118-94(71-30-19-16-20-31-71,74-40-48-79(111-13)49-41-74)75-42-50-80(112-14)51-43-75)59-116-92(108)97-53-25-33-76(105)32-23-24-55-113-90-86(98-66(7)101)88(120-68(9)103)64(5)82(122-90)60-117-93(70-28-17-15-18-29-70,72-36-44-77(109-11)45-37-72)73-38-46-78(110-12)47-39-73/h15-20,28-31,36-51,62-65,81-83,86-91H,21-27,32-35,53-61H2,1-14H3,(H,96,106)(H,97,108)(H,98,101)(H,99,102)/t64-,65-,81?,82+,83+,86+,87+,88-,89-,90+,91+,125?/m0/s1. The number of amides is 4. The molecule has 2 fully saturated rings. The van der Waals surface area contributed by atoms with Crippen molar-refractivity contribution in [1.82, 2.24) is 25.9 Å². The quantitative estimate of drug-likeness (QED) is 0.00906. The second-order valence-electron chi connectivity index (χ2n) is 31.3. The zero-order valence-electron chi connectivity index (χ0n) is 74.3. The molecule has 125 heavy (non-hydrogen) atoms. The lowest BCUT2D eigenvalue weighted by Crippen LogP contribution is -2.63. The number of alkyl carbamates (subject to hydrolysis) is 1. The highest BCUT2D eigenvalue weighted by Gasteiger charge is 2.51. The normalized spacial score (nSPS) is 19.3. The van der Waals surface area contributed by atoms with E-state index < -0.39 is 123 Å². The maximum Gasteiger partial charge on any atom is 0.407 e. The Morgan fingerprint density at radius 1 is 0.480 bits per heavy atom. The number of unbranched alkanes of at least 4 members (excludes halogenated alkanes) is 2. The third-order valence-corrected chi connectivity index (χ3v) is 23.6. The van der Waals surface area contributed by atoms with Gasteiger partial charge < -0.3 is 96.6 Å². The van der Waals surface area contributed by atoms with Crippen molar-refractivity contribution in [2.75, 3.05) is 87.8 Å². The highest BCUT2D eigenvalue weighted by Crippen LogP contribution is 2.49. The molecule has 680 valence electrons. The molecule has 12 atom stereocenters. The summed E-state index contributed by atoms with van der Waals surface area (Å²) in [5, 5.41) is 20.8. The fourth-order valence-corrected chi connectivity index (χ4v) is 17.0. The molecule has 2 unspecified atom stereocenters. The molecule has 0 aliphatic carbocycles. The van der Waals surface area contributed by atoms with Crippen molar-refractivity contribution >= 4 is 56.0 Å². The van der Waals surface area contributed by atoms with Gasteiger partial charge in [-0.3, -0.25) is 33.6 Å². The van der Waals surface area contributed by atoms with Crippen LogP contribution in [0.3, 0.4) is 0 Å². The number of carbonyl (C=O) groups is 8. The lowest BCUT2D eigenvalue weighted by atomic mass is 9.79. The van der Waals surface area contributed by atoms with Crippen LogP contribution in [-0.2, 0) is 101 Å². The number of ketones is 1. The average Bonchev–Trinajstić information content (AvgIpc) is 0.752. The predicted molar refractivity (Wildman–Crippen MR) is 465 cm³/mol. The molecule has 2 aliphatic heterocycles. The van der Waals surface area contributed by atoms with Gasteiger partial charge in [0.1, 0.15) is 83.6 Å². The van der Waals surface area contributed by atoms with E-state index in [0.717, 1.165) is 33.4 Å². The summed E-state index contributed by atoms with van der Waals surface area (Å²) in [5.74, 6) is -1.28. The van der Waals surface area contributed by atoms with Crippen LogP contribution in [0.4, 0.5) is 4.79 Å². The van der Waals surface area contributed by atoms with E-state index in [1.807, 2.05) is 204 Å². The van der Waals surface area contributed by atoms with E-state index >= 15 is 0 Å². The van der Waals surface area contributed by atoms with Crippen LogP contribution in [-0.4, -0.2) is 207 Å². The molecule has 4 amide bonds. The number of benzene rings is 6. The van der Waals surface area contributed by atoms with E-state index in [1.165, 1.54) is 27.7 Å². The molecule has 0 bridgehead atoms. The number of esters is 3. The summed E-state index contributed by atoms with van der Waals surface area (Å²) in [7, 11) is 4.51. The number of nitrogens with zero attached hydrogens (tertiary/aromatic N) is 2. The van der Waals surface area contributed by atoms with Gasteiger partial charge in [0, 0.05) is 97.0 Å². The molecule has 6 aromatic rings. The second-order valence-corrected chi connectivity index (χ2v) is 32.7. The minimum absolute atomic E-state index is 0.0305. The Morgan fingerprint density at radius 2 is 0.872 bits per heavy atom. The van der Waals surface area contributed by atoms with E-state index in [0.29, 0.717) is 61.5 Å². The van der Waals surface area contributed by atoms with Crippen molar-refractivity contribution in [3.05, 3.63) is 191 Å². The fourth-order valence-electron chi connectivity index (χ4n) is 15.3. The molecule has 8 rings (SSSR count). The summed E-state index contributed by atoms with van der Waals surface area (Å²) in [4.78, 5) is 104. The van der Waals surface area contributed by atoms with Gasteiger partial charge in [-0.05, 0) is 148 Å². The summed E-state index contributed by atoms with van der Waals surface area (Å²) in [5.41, 5.74) is 2.36. The largest absolute Gasteiger partial charge is 0.497 e. The summed E-state index contributed by atoms with van der Waals surface area (Å²) in [6.07, 6.45) is -4.77. The minimum atomic E-state index is -1.88. The van der Waals surface area contributed by atoms with Crippen LogP contribution in [0, 0.1) is 23.2 Å². The first-order valence-electron chi connectivity index (χ1n) is 42.7. The van der Waals surface area contributed by atoms with Gasteiger partial charge in [0.15, 0.2) is 12.6 Å². The number of methoxy groups -OCH3 is 4. The van der Waals surface area contributed by atoms with Crippen LogP contribution < -0.4 is 40.2 Å². The molecular weight excluding hydrogens is 1630 g/mol. The first kappa shape index (κ1) is 100. The van der Waals surface area contributed by atoms with Gasteiger partial charge in [-0.15, -0.1) is 0 Å². The number of nitriles is 1. The molecule has 2 aliphatic rings. The van der Waals surface area contributed by atoms with Gasteiger partial charge >= 0.3 is 24.0 Å². The third-order valence-electron chi connectivity index (χ3n) is 21.5. The number of carbonyl (C=O) groups excluding carboxylic acids is 8. The van der Waals surface area contributed by atoms with Crippen LogP contribution in [0.1, 0.15) is 173 Å². The van der Waals surface area contributed by atoms with Gasteiger partial charge in [-0.25, -0.2) is 9.46 Å². The molecule has 0 spiro atoms. The van der Waals surface area contributed by atoms with Gasteiger partial charge in [0.05, 0.1) is 79.6 Å². The lowest BCUT2D eigenvalue weighted by molar-refractivity contribution is -0.264. The maximum absolute atomic E-state index is 13.4.